The molecule has 11 heteroatoms. The summed E-state index contributed by atoms with van der Waals surface area (Å²) in [4.78, 5) is 12.2. The van der Waals surface area contributed by atoms with Crippen LogP contribution >= 0.6 is 11.8 Å². The molecule has 0 spiro atoms. The van der Waals surface area contributed by atoms with Gasteiger partial charge in [-0.25, -0.2) is 13.2 Å². The van der Waals surface area contributed by atoms with E-state index in [1.807, 2.05) is 0 Å². The molecule has 1 aliphatic heterocycles. The molecule has 1 saturated heterocycles. The van der Waals surface area contributed by atoms with E-state index in [1.165, 1.54) is 40.7 Å². The van der Waals surface area contributed by atoms with Gasteiger partial charge in [0.2, 0.25) is 10.0 Å². The predicted octanol–water partition coefficient (Wildman–Crippen LogP) is 3.68. The molecular formula is C19H18F3NO5S2. The van der Waals surface area contributed by atoms with E-state index in [0.29, 0.717) is 18.8 Å². The molecule has 1 heterocycles. The van der Waals surface area contributed by atoms with E-state index in [9.17, 15) is 26.4 Å². The summed E-state index contributed by atoms with van der Waals surface area (Å²) >= 11 is -0.274. The monoisotopic (exact) mass is 461 g/mol. The summed E-state index contributed by atoms with van der Waals surface area (Å²) in [6.07, 6.45) is 0. The zero-order valence-corrected chi connectivity index (χ0v) is 17.2. The van der Waals surface area contributed by atoms with Crippen molar-refractivity contribution >= 4 is 27.8 Å². The number of carbonyl (C=O) groups excluding carboxylic acids is 1. The van der Waals surface area contributed by atoms with E-state index in [-0.39, 0.29) is 46.8 Å². The van der Waals surface area contributed by atoms with Crippen molar-refractivity contribution in [1.82, 2.24) is 4.31 Å². The van der Waals surface area contributed by atoms with Crippen LogP contribution in [0.1, 0.15) is 15.9 Å². The first-order valence-corrected chi connectivity index (χ1v) is 11.1. The maximum atomic E-state index is 12.7. The average molecular weight is 461 g/mol. The summed E-state index contributed by atoms with van der Waals surface area (Å²) in [7, 11) is -3.68. The summed E-state index contributed by atoms with van der Waals surface area (Å²) in [5, 5.41) is 0. The molecule has 2 aromatic carbocycles. The molecule has 0 N–H and O–H groups in total. The summed E-state index contributed by atoms with van der Waals surface area (Å²) in [5.41, 5.74) is -3.84. The third-order valence-corrected chi connectivity index (χ3v) is 6.83. The van der Waals surface area contributed by atoms with Crippen LogP contribution in [0.5, 0.6) is 0 Å². The third-order valence-electron chi connectivity index (χ3n) is 4.20. The Morgan fingerprint density at radius 1 is 1.10 bits per heavy atom. The van der Waals surface area contributed by atoms with Gasteiger partial charge in [0, 0.05) is 18.0 Å². The molecule has 1 aliphatic rings. The van der Waals surface area contributed by atoms with Crippen molar-refractivity contribution in [3.8, 4) is 0 Å². The molecule has 3 rings (SSSR count). The summed E-state index contributed by atoms with van der Waals surface area (Å²) in [6, 6.07) is 10.9. The molecule has 0 bridgehead atoms. The Hall–Kier alpha value is -2.08. The first-order chi connectivity index (χ1) is 14.1. The van der Waals surface area contributed by atoms with Gasteiger partial charge < -0.3 is 9.47 Å². The second-order valence-corrected chi connectivity index (χ2v) is 9.39. The second-order valence-electron chi connectivity index (χ2n) is 6.31. The van der Waals surface area contributed by atoms with Crippen LogP contribution in [-0.4, -0.2) is 50.5 Å². The van der Waals surface area contributed by atoms with Gasteiger partial charge in [-0.2, -0.15) is 17.5 Å². The van der Waals surface area contributed by atoms with Crippen molar-refractivity contribution in [2.45, 2.75) is 21.9 Å². The van der Waals surface area contributed by atoms with E-state index in [4.69, 9.17) is 9.47 Å². The molecule has 6 nitrogen and oxygen atoms in total. The highest BCUT2D eigenvalue weighted by Gasteiger charge is 2.29. The number of nitrogens with zero attached hydrogens (tertiary/aromatic N) is 1. The van der Waals surface area contributed by atoms with Crippen molar-refractivity contribution in [3.05, 3.63) is 59.7 Å². The average Bonchev–Trinajstić information content (AvgIpc) is 2.72. The fraction of sp³-hybridized carbons (Fsp3) is 0.316. The van der Waals surface area contributed by atoms with Gasteiger partial charge in [-0.15, -0.1) is 0 Å². The smallest absolute Gasteiger partial charge is 0.446 e. The molecule has 0 aliphatic carbocycles. The Morgan fingerprint density at radius 2 is 1.77 bits per heavy atom. The van der Waals surface area contributed by atoms with E-state index >= 15 is 0 Å². The standard InChI is InChI=1S/C19H18F3NO5S2/c20-19(21,22)29-16-6-4-15(5-7-16)18(24)28-13-14-2-1-3-17(12-14)30(25,26)23-8-10-27-11-9-23/h1-7,12H,8-11,13H2. The number of sulfonamides is 1. The first kappa shape index (κ1) is 22.6. The SMILES string of the molecule is O=C(OCc1cccc(S(=O)(=O)N2CCOCC2)c1)c1ccc(SC(F)(F)F)cc1. The lowest BCUT2D eigenvalue weighted by atomic mass is 10.2. The summed E-state index contributed by atoms with van der Waals surface area (Å²) in [5.74, 6) is -0.722. The normalized spacial score (nSPS) is 15.7. The number of carbonyl (C=O) groups is 1. The molecule has 0 saturated carbocycles. The number of alkyl halides is 3. The van der Waals surface area contributed by atoms with Gasteiger partial charge in [-0.1, -0.05) is 12.1 Å². The lowest BCUT2D eigenvalue weighted by Gasteiger charge is -2.26. The Labute approximate surface area is 176 Å². The molecular weight excluding hydrogens is 443 g/mol. The molecule has 0 unspecified atom stereocenters. The van der Waals surface area contributed by atoms with Crippen molar-refractivity contribution in [2.24, 2.45) is 0 Å². The number of hydrogen-bond donors (Lipinski definition) is 0. The summed E-state index contributed by atoms with van der Waals surface area (Å²) < 4.78 is 74.2. The van der Waals surface area contributed by atoms with Crippen LogP contribution < -0.4 is 0 Å². The van der Waals surface area contributed by atoms with E-state index in [2.05, 4.69) is 0 Å². The molecule has 0 atom stereocenters. The zero-order chi connectivity index (χ0) is 21.8. The number of morpholine rings is 1. The fourth-order valence-electron chi connectivity index (χ4n) is 2.76. The second kappa shape index (κ2) is 9.38. The highest BCUT2D eigenvalue weighted by molar-refractivity contribution is 8.00. The number of benzene rings is 2. The quantitative estimate of drug-likeness (QED) is 0.483. The molecule has 0 amide bonds. The fourth-order valence-corrected chi connectivity index (χ4v) is 4.77. The minimum Gasteiger partial charge on any atom is -0.457 e. The Bertz CT molecular complexity index is 988. The lowest BCUT2D eigenvalue weighted by molar-refractivity contribution is -0.0328. The minimum absolute atomic E-state index is 0.0416. The maximum absolute atomic E-state index is 12.7. The largest absolute Gasteiger partial charge is 0.457 e. The van der Waals surface area contributed by atoms with Crippen LogP contribution in [0, 0.1) is 0 Å². The van der Waals surface area contributed by atoms with E-state index in [0.717, 1.165) is 0 Å². The molecule has 162 valence electrons. The van der Waals surface area contributed by atoms with Crippen LogP contribution in [0.3, 0.4) is 0 Å². The highest BCUT2D eigenvalue weighted by atomic mass is 32.2. The predicted molar refractivity (Wildman–Crippen MR) is 103 cm³/mol. The zero-order valence-electron chi connectivity index (χ0n) is 15.6. The Balaban J connectivity index is 1.63. The van der Waals surface area contributed by atoms with E-state index in [1.54, 1.807) is 12.1 Å². The van der Waals surface area contributed by atoms with Crippen molar-refractivity contribution in [2.75, 3.05) is 26.3 Å². The minimum atomic E-state index is -4.41. The van der Waals surface area contributed by atoms with Gasteiger partial charge in [-0.05, 0) is 53.7 Å². The van der Waals surface area contributed by atoms with Crippen LogP contribution in [0.2, 0.25) is 0 Å². The van der Waals surface area contributed by atoms with Gasteiger partial charge in [-0.3, -0.25) is 0 Å². The van der Waals surface area contributed by atoms with Gasteiger partial charge in [0.1, 0.15) is 6.61 Å². The van der Waals surface area contributed by atoms with Gasteiger partial charge in [0.25, 0.3) is 0 Å². The summed E-state index contributed by atoms with van der Waals surface area (Å²) in [6.45, 7) is 1.02. The number of thioether (sulfide) groups is 1. The molecule has 2 aromatic rings. The maximum Gasteiger partial charge on any atom is 0.446 e. The number of hydrogen-bond acceptors (Lipinski definition) is 6. The molecule has 0 aromatic heterocycles. The Kier molecular flexibility index (Phi) is 7.06. The first-order valence-electron chi connectivity index (χ1n) is 8.85. The number of ether oxygens (including phenoxy) is 2. The number of halogens is 3. The lowest BCUT2D eigenvalue weighted by Crippen LogP contribution is -2.40. The topological polar surface area (TPSA) is 72.9 Å². The van der Waals surface area contributed by atoms with Crippen LogP contribution in [0.15, 0.2) is 58.3 Å². The number of esters is 1. The number of rotatable bonds is 6. The Morgan fingerprint density at radius 3 is 2.40 bits per heavy atom. The van der Waals surface area contributed by atoms with Gasteiger partial charge in [0.05, 0.1) is 23.7 Å². The van der Waals surface area contributed by atoms with Crippen molar-refractivity contribution in [1.29, 1.82) is 0 Å². The van der Waals surface area contributed by atoms with Gasteiger partial charge >= 0.3 is 11.5 Å². The highest BCUT2D eigenvalue weighted by Crippen LogP contribution is 2.36. The van der Waals surface area contributed by atoms with E-state index < -0.39 is 21.5 Å². The van der Waals surface area contributed by atoms with Crippen LogP contribution in [0.4, 0.5) is 13.2 Å². The molecule has 30 heavy (non-hydrogen) atoms. The molecule has 0 radical (unpaired) electrons. The molecule has 1 fully saturated rings. The van der Waals surface area contributed by atoms with Crippen LogP contribution in [-0.2, 0) is 26.1 Å². The van der Waals surface area contributed by atoms with Gasteiger partial charge in [0.15, 0.2) is 0 Å². The van der Waals surface area contributed by atoms with Crippen molar-refractivity contribution in [3.63, 3.8) is 0 Å². The van der Waals surface area contributed by atoms with Crippen molar-refractivity contribution < 1.29 is 35.9 Å². The third kappa shape index (κ3) is 5.97. The van der Waals surface area contributed by atoms with Crippen LogP contribution in [0.25, 0.3) is 0 Å².